The molecule has 0 aliphatic heterocycles. The summed E-state index contributed by atoms with van der Waals surface area (Å²) in [4.78, 5) is 36.4. The Bertz CT molecular complexity index is 594. The first-order valence-corrected chi connectivity index (χ1v) is 6.28. The molecule has 2 rings (SSSR count). The van der Waals surface area contributed by atoms with Crippen LogP contribution >= 0.6 is 0 Å². The van der Waals surface area contributed by atoms with E-state index < -0.39 is 23.9 Å². The van der Waals surface area contributed by atoms with Gasteiger partial charge in [0.15, 0.2) is 0 Å². The summed E-state index contributed by atoms with van der Waals surface area (Å²) in [5, 5.41) is 29.6. The van der Waals surface area contributed by atoms with Crippen molar-refractivity contribution < 1.29 is 39.6 Å². The lowest BCUT2D eigenvalue weighted by Crippen LogP contribution is -2.09. The molecule has 2 aromatic rings. The number of rotatable bonds is 1. The zero-order chi connectivity index (χ0) is 18.5. The van der Waals surface area contributed by atoms with Crippen molar-refractivity contribution >= 4 is 23.9 Å². The normalized spacial score (nSPS) is 8.50. The van der Waals surface area contributed by atoms with E-state index in [2.05, 4.69) is 48.5 Å². The molecule has 0 radical (unpaired) electrons. The summed E-state index contributed by atoms with van der Waals surface area (Å²) in [5.74, 6) is -7.30. The van der Waals surface area contributed by atoms with Crippen LogP contribution < -0.4 is 0 Å². The van der Waals surface area contributed by atoms with E-state index in [0.717, 1.165) is 0 Å². The smallest absolute Gasteiger partial charge is 0.414 e. The van der Waals surface area contributed by atoms with Crippen molar-refractivity contribution in [3.05, 3.63) is 60.7 Å². The highest BCUT2D eigenvalue weighted by molar-refractivity contribution is 6.27. The predicted molar refractivity (Wildman–Crippen MR) is 82.4 cm³/mol. The van der Waals surface area contributed by atoms with Crippen LogP contribution in [0.15, 0.2) is 60.7 Å². The summed E-state index contributed by atoms with van der Waals surface area (Å²) in [6, 6.07) is 20.8. The van der Waals surface area contributed by atoms with Crippen molar-refractivity contribution in [2.75, 3.05) is 0 Å². The van der Waals surface area contributed by atoms with Gasteiger partial charge in [0.2, 0.25) is 0 Å². The monoisotopic (exact) mass is 334 g/mol. The topological polar surface area (TPSA) is 149 Å². The highest BCUT2D eigenvalue weighted by Gasteiger charge is 2.04. The van der Waals surface area contributed by atoms with E-state index in [1.807, 2.05) is 12.1 Å². The molecule has 0 aromatic heterocycles. The molecule has 0 spiro atoms. The zero-order valence-electron chi connectivity index (χ0n) is 12.2. The van der Waals surface area contributed by atoms with Crippen LogP contribution in [-0.2, 0) is 19.2 Å². The molecule has 8 heteroatoms. The SMILES string of the molecule is O=C(O)C(=O)O.O=C(O)C(=O)O.c1ccc(-c2ccccc2)cc1. The maximum absolute atomic E-state index is 9.10. The standard InChI is InChI=1S/C12H10.2C2H2O4/c1-3-7-11(8-4-1)12-9-5-2-6-10-12;2*3-1(4)2(5)6/h1-10H;2*(H,3,4)(H,5,6). The van der Waals surface area contributed by atoms with Crippen molar-refractivity contribution in [3.63, 3.8) is 0 Å². The Labute approximate surface area is 136 Å². The Balaban J connectivity index is 0.000000377. The quantitative estimate of drug-likeness (QED) is 0.575. The Morgan fingerprint density at radius 3 is 0.833 bits per heavy atom. The van der Waals surface area contributed by atoms with Crippen LogP contribution in [0, 0.1) is 0 Å². The summed E-state index contributed by atoms with van der Waals surface area (Å²) in [7, 11) is 0. The molecule has 2 aromatic carbocycles. The third-order valence-corrected chi connectivity index (χ3v) is 2.25. The van der Waals surface area contributed by atoms with Crippen molar-refractivity contribution in [1.29, 1.82) is 0 Å². The lowest BCUT2D eigenvalue weighted by molar-refractivity contribution is -0.159. The molecule has 0 aliphatic rings. The van der Waals surface area contributed by atoms with E-state index in [0.29, 0.717) is 0 Å². The third-order valence-electron chi connectivity index (χ3n) is 2.25. The molecule has 24 heavy (non-hydrogen) atoms. The van der Waals surface area contributed by atoms with Gasteiger partial charge in [-0.2, -0.15) is 0 Å². The number of carboxylic acids is 4. The molecule has 0 fully saturated rings. The van der Waals surface area contributed by atoms with Crippen LogP contribution in [0.2, 0.25) is 0 Å². The number of benzene rings is 2. The molecule has 126 valence electrons. The number of hydrogen-bond donors (Lipinski definition) is 4. The molecule has 0 saturated heterocycles. The van der Waals surface area contributed by atoms with Crippen LogP contribution in [0.3, 0.4) is 0 Å². The summed E-state index contributed by atoms with van der Waals surface area (Å²) in [5.41, 5.74) is 2.55. The number of aliphatic carboxylic acids is 4. The molecule has 8 nitrogen and oxygen atoms in total. The molecule has 0 bridgehead atoms. The van der Waals surface area contributed by atoms with Gasteiger partial charge >= 0.3 is 23.9 Å². The van der Waals surface area contributed by atoms with E-state index in [1.165, 1.54) is 11.1 Å². The van der Waals surface area contributed by atoms with E-state index in [4.69, 9.17) is 39.6 Å². The van der Waals surface area contributed by atoms with Gasteiger partial charge in [0, 0.05) is 0 Å². The molecule has 0 amide bonds. The van der Waals surface area contributed by atoms with Gasteiger partial charge in [-0.25, -0.2) is 19.2 Å². The third kappa shape index (κ3) is 9.29. The van der Waals surface area contributed by atoms with Crippen LogP contribution in [0.25, 0.3) is 11.1 Å². The maximum Gasteiger partial charge on any atom is 0.414 e. The fourth-order valence-electron chi connectivity index (χ4n) is 1.26. The number of hydrogen-bond acceptors (Lipinski definition) is 4. The molecule has 0 heterocycles. The minimum Gasteiger partial charge on any atom is -0.473 e. The second-order valence-corrected chi connectivity index (χ2v) is 3.95. The predicted octanol–water partition coefficient (Wildman–Crippen LogP) is 1.66. The van der Waals surface area contributed by atoms with Gasteiger partial charge in [0.05, 0.1) is 0 Å². The second-order valence-electron chi connectivity index (χ2n) is 3.95. The van der Waals surface area contributed by atoms with Crippen molar-refractivity contribution in [1.82, 2.24) is 0 Å². The average Bonchev–Trinajstić information content (AvgIpc) is 2.57. The highest BCUT2D eigenvalue weighted by Crippen LogP contribution is 2.17. The maximum atomic E-state index is 9.10. The summed E-state index contributed by atoms with van der Waals surface area (Å²) in [6.45, 7) is 0. The fourth-order valence-corrected chi connectivity index (χ4v) is 1.26. The largest absolute Gasteiger partial charge is 0.473 e. The first kappa shape index (κ1) is 20.3. The minimum atomic E-state index is -1.82. The van der Waals surface area contributed by atoms with E-state index in [1.54, 1.807) is 0 Å². The van der Waals surface area contributed by atoms with Gasteiger partial charge in [0.1, 0.15) is 0 Å². The van der Waals surface area contributed by atoms with Crippen LogP contribution in [0.4, 0.5) is 0 Å². The van der Waals surface area contributed by atoms with Crippen molar-refractivity contribution in [3.8, 4) is 11.1 Å². The fraction of sp³-hybridized carbons (Fsp3) is 0. The number of carboxylic acid groups (broad SMARTS) is 4. The van der Waals surface area contributed by atoms with Gasteiger partial charge in [0.25, 0.3) is 0 Å². The van der Waals surface area contributed by atoms with E-state index in [-0.39, 0.29) is 0 Å². The minimum absolute atomic E-state index is 1.28. The summed E-state index contributed by atoms with van der Waals surface area (Å²) in [6.07, 6.45) is 0. The summed E-state index contributed by atoms with van der Waals surface area (Å²) >= 11 is 0. The Morgan fingerprint density at radius 2 is 0.667 bits per heavy atom. The van der Waals surface area contributed by atoms with Crippen LogP contribution in [-0.4, -0.2) is 44.3 Å². The van der Waals surface area contributed by atoms with E-state index >= 15 is 0 Å². The Hall–Kier alpha value is -3.68. The Morgan fingerprint density at radius 1 is 0.458 bits per heavy atom. The average molecular weight is 334 g/mol. The zero-order valence-corrected chi connectivity index (χ0v) is 12.2. The second kappa shape index (κ2) is 11.0. The van der Waals surface area contributed by atoms with Crippen molar-refractivity contribution in [2.24, 2.45) is 0 Å². The first-order chi connectivity index (χ1) is 11.3. The molecule has 0 saturated carbocycles. The van der Waals surface area contributed by atoms with Crippen molar-refractivity contribution in [2.45, 2.75) is 0 Å². The molecular formula is C16H14O8. The highest BCUT2D eigenvalue weighted by atomic mass is 16.4. The molecule has 4 N–H and O–H groups in total. The van der Waals surface area contributed by atoms with Gasteiger partial charge in [-0.1, -0.05) is 60.7 Å². The first-order valence-electron chi connectivity index (χ1n) is 6.28. The van der Waals surface area contributed by atoms with Gasteiger partial charge in [-0.05, 0) is 11.1 Å². The Kier molecular flexibility index (Phi) is 9.28. The lowest BCUT2D eigenvalue weighted by atomic mass is 10.1. The van der Waals surface area contributed by atoms with Gasteiger partial charge in [-0.3, -0.25) is 0 Å². The van der Waals surface area contributed by atoms with E-state index in [9.17, 15) is 0 Å². The lowest BCUT2D eigenvalue weighted by Gasteiger charge is -1.98. The number of carbonyl (C=O) groups is 4. The van der Waals surface area contributed by atoms with Gasteiger partial charge < -0.3 is 20.4 Å². The van der Waals surface area contributed by atoms with Gasteiger partial charge in [-0.15, -0.1) is 0 Å². The van der Waals surface area contributed by atoms with Crippen LogP contribution in [0.1, 0.15) is 0 Å². The molecular weight excluding hydrogens is 320 g/mol. The molecule has 0 aliphatic carbocycles. The molecule has 0 unspecified atom stereocenters. The summed E-state index contributed by atoms with van der Waals surface area (Å²) < 4.78 is 0. The van der Waals surface area contributed by atoms with Crippen LogP contribution in [0.5, 0.6) is 0 Å². The molecule has 0 atom stereocenters.